The van der Waals surface area contributed by atoms with Gasteiger partial charge in [-0.1, -0.05) is 60.2 Å². The molecule has 25 heavy (non-hydrogen) atoms. The van der Waals surface area contributed by atoms with Crippen molar-refractivity contribution in [2.75, 3.05) is 26.2 Å². The van der Waals surface area contributed by atoms with E-state index in [2.05, 4.69) is 53.5 Å². The fourth-order valence-electron chi connectivity index (χ4n) is 3.69. The Morgan fingerprint density at radius 3 is 2.68 bits per heavy atom. The molecule has 0 saturated carbocycles. The van der Waals surface area contributed by atoms with Gasteiger partial charge in [0.1, 0.15) is 0 Å². The Morgan fingerprint density at radius 1 is 1.16 bits per heavy atom. The first-order chi connectivity index (χ1) is 12.2. The van der Waals surface area contributed by atoms with Gasteiger partial charge in [0.25, 0.3) is 0 Å². The third-order valence-corrected chi connectivity index (χ3v) is 4.99. The number of benzene rings is 2. The molecule has 0 radical (unpaired) electrons. The number of nitrogens with one attached hydrogen (secondary N) is 1. The van der Waals surface area contributed by atoms with E-state index in [4.69, 9.17) is 5.73 Å². The molecular formula is C21H27N3O. The smallest absolute Gasteiger partial charge is 0.234 e. The van der Waals surface area contributed by atoms with Crippen molar-refractivity contribution in [3.8, 4) is 0 Å². The quantitative estimate of drug-likeness (QED) is 0.850. The number of rotatable bonds is 6. The first kappa shape index (κ1) is 17.6. The van der Waals surface area contributed by atoms with E-state index in [0.29, 0.717) is 31.5 Å². The maximum absolute atomic E-state index is 12.3. The van der Waals surface area contributed by atoms with Gasteiger partial charge < -0.3 is 11.1 Å². The zero-order valence-electron chi connectivity index (χ0n) is 14.8. The second-order valence-electron chi connectivity index (χ2n) is 6.97. The summed E-state index contributed by atoms with van der Waals surface area (Å²) in [5, 5.41) is 3.03. The van der Waals surface area contributed by atoms with Crippen molar-refractivity contribution >= 4 is 5.91 Å². The molecule has 0 aromatic heterocycles. The van der Waals surface area contributed by atoms with E-state index in [0.717, 1.165) is 18.7 Å². The van der Waals surface area contributed by atoms with Crippen LogP contribution in [-0.4, -0.2) is 37.0 Å². The molecule has 1 heterocycles. The van der Waals surface area contributed by atoms with Crippen molar-refractivity contribution in [2.45, 2.75) is 19.4 Å². The SMILES string of the molecule is Cc1cccc(CNC(=O)CN2C[C@@H](CN)[C@H](c3ccccc3)C2)c1. The monoisotopic (exact) mass is 337 g/mol. The van der Waals surface area contributed by atoms with Crippen LogP contribution >= 0.6 is 0 Å². The minimum atomic E-state index is 0.0750. The van der Waals surface area contributed by atoms with Gasteiger partial charge in [0.15, 0.2) is 0 Å². The Bertz CT molecular complexity index is 701. The van der Waals surface area contributed by atoms with Gasteiger partial charge in [0.05, 0.1) is 6.54 Å². The third-order valence-electron chi connectivity index (χ3n) is 4.99. The predicted molar refractivity (Wildman–Crippen MR) is 101 cm³/mol. The zero-order chi connectivity index (χ0) is 17.6. The van der Waals surface area contributed by atoms with Crippen LogP contribution in [0.1, 0.15) is 22.6 Å². The Balaban J connectivity index is 1.53. The summed E-state index contributed by atoms with van der Waals surface area (Å²) in [5.74, 6) is 0.897. The predicted octanol–water partition coefficient (Wildman–Crippen LogP) is 2.29. The molecule has 4 nitrogen and oxygen atoms in total. The van der Waals surface area contributed by atoms with E-state index in [1.807, 2.05) is 18.2 Å². The summed E-state index contributed by atoms with van der Waals surface area (Å²) in [5.41, 5.74) is 9.64. The molecule has 1 saturated heterocycles. The van der Waals surface area contributed by atoms with E-state index in [1.54, 1.807) is 0 Å². The Labute approximate surface area is 150 Å². The van der Waals surface area contributed by atoms with E-state index in [9.17, 15) is 4.79 Å². The molecule has 0 unspecified atom stereocenters. The molecule has 2 aromatic rings. The van der Waals surface area contributed by atoms with Crippen LogP contribution in [-0.2, 0) is 11.3 Å². The van der Waals surface area contributed by atoms with Crippen molar-refractivity contribution in [1.82, 2.24) is 10.2 Å². The second kappa shape index (κ2) is 8.28. The van der Waals surface area contributed by atoms with Crippen LogP contribution in [0.3, 0.4) is 0 Å². The van der Waals surface area contributed by atoms with Gasteiger partial charge in [0, 0.05) is 25.6 Å². The summed E-state index contributed by atoms with van der Waals surface area (Å²) in [4.78, 5) is 14.5. The Hall–Kier alpha value is -2.17. The molecule has 132 valence electrons. The van der Waals surface area contributed by atoms with Gasteiger partial charge in [-0.2, -0.15) is 0 Å². The number of aryl methyl sites for hydroxylation is 1. The lowest BCUT2D eigenvalue weighted by Crippen LogP contribution is -2.36. The van der Waals surface area contributed by atoms with Crippen LogP contribution in [0.2, 0.25) is 0 Å². The van der Waals surface area contributed by atoms with Gasteiger partial charge in [-0.25, -0.2) is 0 Å². The average Bonchev–Trinajstić information content (AvgIpc) is 3.03. The van der Waals surface area contributed by atoms with Gasteiger partial charge >= 0.3 is 0 Å². The first-order valence-electron chi connectivity index (χ1n) is 8.95. The fraction of sp³-hybridized carbons (Fsp3) is 0.381. The number of nitrogens with zero attached hydrogens (tertiary/aromatic N) is 1. The maximum atomic E-state index is 12.3. The van der Waals surface area contributed by atoms with Crippen LogP contribution in [0.5, 0.6) is 0 Å². The summed E-state index contributed by atoms with van der Waals surface area (Å²) in [7, 11) is 0. The molecule has 3 rings (SSSR count). The Kier molecular flexibility index (Phi) is 5.84. The summed E-state index contributed by atoms with van der Waals surface area (Å²) >= 11 is 0. The van der Waals surface area contributed by atoms with Gasteiger partial charge in [-0.05, 0) is 30.5 Å². The number of hydrogen-bond acceptors (Lipinski definition) is 3. The number of carbonyl (C=O) groups excluding carboxylic acids is 1. The third kappa shape index (κ3) is 4.68. The lowest BCUT2D eigenvalue weighted by atomic mass is 9.89. The number of carbonyl (C=O) groups is 1. The molecule has 1 aliphatic rings. The van der Waals surface area contributed by atoms with Crippen LogP contribution in [0.4, 0.5) is 0 Å². The van der Waals surface area contributed by atoms with Crippen LogP contribution in [0.15, 0.2) is 54.6 Å². The molecule has 3 N–H and O–H groups in total. The summed E-state index contributed by atoms with van der Waals surface area (Å²) in [6, 6.07) is 18.7. The summed E-state index contributed by atoms with van der Waals surface area (Å²) < 4.78 is 0. The van der Waals surface area contributed by atoms with Crippen molar-refractivity contribution < 1.29 is 4.79 Å². The highest BCUT2D eigenvalue weighted by Crippen LogP contribution is 2.31. The molecule has 0 aliphatic carbocycles. The molecule has 1 aliphatic heterocycles. The maximum Gasteiger partial charge on any atom is 0.234 e. The first-order valence-corrected chi connectivity index (χ1v) is 8.95. The molecule has 1 amide bonds. The van der Waals surface area contributed by atoms with Crippen molar-refractivity contribution in [1.29, 1.82) is 0 Å². The van der Waals surface area contributed by atoms with Crippen LogP contribution in [0, 0.1) is 12.8 Å². The molecule has 4 heteroatoms. The van der Waals surface area contributed by atoms with E-state index in [-0.39, 0.29) is 5.91 Å². The van der Waals surface area contributed by atoms with E-state index >= 15 is 0 Å². The minimum Gasteiger partial charge on any atom is -0.351 e. The largest absolute Gasteiger partial charge is 0.351 e. The average molecular weight is 337 g/mol. The number of hydrogen-bond donors (Lipinski definition) is 2. The molecule has 0 spiro atoms. The van der Waals surface area contributed by atoms with Crippen molar-refractivity contribution in [3.05, 3.63) is 71.3 Å². The summed E-state index contributed by atoms with van der Waals surface area (Å²) in [6.07, 6.45) is 0. The lowest BCUT2D eigenvalue weighted by Gasteiger charge is -2.16. The fourth-order valence-corrected chi connectivity index (χ4v) is 3.69. The molecule has 2 aromatic carbocycles. The van der Waals surface area contributed by atoms with E-state index < -0.39 is 0 Å². The standard InChI is InChI=1S/C21H27N3O/c1-16-6-5-7-17(10-16)12-23-21(25)15-24-13-19(11-22)20(14-24)18-8-3-2-4-9-18/h2-10,19-20H,11-15,22H2,1H3,(H,23,25)/t19-,20+/m1/s1. The number of amides is 1. The number of likely N-dealkylation sites (tertiary alicyclic amines) is 1. The van der Waals surface area contributed by atoms with Crippen LogP contribution in [0.25, 0.3) is 0 Å². The van der Waals surface area contributed by atoms with E-state index in [1.165, 1.54) is 11.1 Å². The second-order valence-corrected chi connectivity index (χ2v) is 6.97. The molecule has 1 fully saturated rings. The highest BCUT2D eigenvalue weighted by atomic mass is 16.2. The van der Waals surface area contributed by atoms with Gasteiger partial charge in [-0.15, -0.1) is 0 Å². The Morgan fingerprint density at radius 2 is 1.96 bits per heavy atom. The molecule has 2 atom stereocenters. The highest BCUT2D eigenvalue weighted by Gasteiger charge is 2.33. The molecular weight excluding hydrogens is 310 g/mol. The van der Waals surface area contributed by atoms with Crippen molar-refractivity contribution in [3.63, 3.8) is 0 Å². The minimum absolute atomic E-state index is 0.0750. The topological polar surface area (TPSA) is 58.4 Å². The number of nitrogens with two attached hydrogens (primary N) is 1. The normalized spacial score (nSPS) is 20.6. The molecule has 0 bridgehead atoms. The lowest BCUT2D eigenvalue weighted by molar-refractivity contribution is -0.122. The van der Waals surface area contributed by atoms with Gasteiger partial charge in [-0.3, -0.25) is 9.69 Å². The summed E-state index contributed by atoms with van der Waals surface area (Å²) in [6.45, 7) is 5.51. The van der Waals surface area contributed by atoms with Gasteiger partial charge in [0.2, 0.25) is 5.91 Å². The van der Waals surface area contributed by atoms with Crippen molar-refractivity contribution in [2.24, 2.45) is 11.7 Å². The van der Waals surface area contributed by atoms with Crippen LogP contribution < -0.4 is 11.1 Å². The highest BCUT2D eigenvalue weighted by molar-refractivity contribution is 5.78. The zero-order valence-corrected chi connectivity index (χ0v) is 14.8.